The molecule has 3 atom stereocenters. The second-order valence-corrected chi connectivity index (χ2v) is 10.5. The van der Waals surface area contributed by atoms with Gasteiger partial charge < -0.3 is 15.3 Å². The number of allylic oxidation sites excluding steroid dienone is 2. The van der Waals surface area contributed by atoms with Gasteiger partial charge in [-0.1, -0.05) is 84.8 Å². The van der Waals surface area contributed by atoms with Crippen LogP contribution in [0.15, 0.2) is 12.2 Å². The molecule has 7 heteroatoms. The van der Waals surface area contributed by atoms with Gasteiger partial charge in [-0.2, -0.15) is 0 Å². The molecule has 0 radical (unpaired) electrons. The zero-order valence-corrected chi connectivity index (χ0v) is 24.1. The first-order valence-corrected chi connectivity index (χ1v) is 14.9. The monoisotopic (exact) mass is 526 g/mol. The fourth-order valence-corrected chi connectivity index (χ4v) is 5.76. The first-order chi connectivity index (χ1) is 17.7. The SMILES string of the molecule is CCCCCCCCCC/C=C/CCC[N+](C(CCC)C(=O)O)(C(CCC)C(=O)O)C(CCC)C(=O)O. The summed E-state index contributed by atoms with van der Waals surface area (Å²) in [6, 6.07) is -3.19. The molecule has 3 N–H and O–H groups in total. The zero-order valence-electron chi connectivity index (χ0n) is 24.1. The van der Waals surface area contributed by atoms with E-state index < -0.39 is 40.5 Å². The molecule has 216 valence electrons. The maximum absolute atomic E-state index is 12.5. The van der Waals surface area contributed by atoms with Crippen LogP contribution in [0.2, 0.25) is 0 Å². The molecule has 0 amide bonds. The molecular weight excluding hydrogens is 470 g/mol. The molecule has 0 saturated carbocycles. The molecule has 0 aliphatic heterocycles. The fraction of sp³-hybridized carbons (Fsp3) is 0.833. The van der Waals surface area contributed by atoms with Gasteiger partial charge in [0.05, 0.1) is 6.54 Å². The lowest BCUT2D eigenvalue weighted by Crippen LogP contribution is -2.72. The van der Waals surface area contributed by atoms with E-state index in [9.17, 15) is 29.7 Å². The highest BCUT2D eigenvalue weighted by Crippen LogP contribution is 2.34. The van der Waals surface area contributed by atoms with Crippen LogP contribution in [0.4, 0.5) is 0 Å². The van der Waals surface area contributed by atoms with E-state index in [1.54, 1.807) is 0 Å². The molecule has 0 aromatic carbocycles. The summed E-state index contributed by atoms with van der Waals surface area (Å²) in [5.41, 5.74) is 0. The lowest BCUT2D eigenvalue weighted by Gasteiger charge is -2.50. The highest BCUT2D eigenvalue weighted by Gasteiger charge is 2.56. The molecule has 0 spiro atoms. The van der Waals surface area contributed by atoms with E-state index in [1.165, 1.54) is 44.9 Å². The molecule has 7 nitrogen and oxygen atoms in total. The lowest BCUT2D eigenvalue weighted by molar-refractivity contribution is -0.973. The van der Waals surface area contributed by atoms with Gasteiger partial charge >= 0.3 is 17.9 Å². The van der Waals surface area contributed by atoms with Crippen molar-refractivity contribution in [3.05, 3.63) is 12.2 Å². The molecule has 0 rings (SSSR count). The highest BCUT2D eigenvalue weighted by molar-refractivity contribution is 5.78. The van der Waals surface area contributed by atoms with E-state index in [0.717, 1.165) is 12.8 Å². The Balaban J connectivity index is 5.55. The Bertz CT molecular complexity index is 603. The van der Waals surface area contributed by atoms with Gasteiger partial charge in [-0.15, -0.1) is 0 Å². The molecule has 0 aromatic rings. The summed E-state index contributed by atoms with van der Waals surface area (Å²) in [7, 11) is 0. The lowest BCUT2D eigenvalue weighted by atomic mass is 9.91. The van der Waals surface area contributed by atoms with E-state index in [4.69, 9.17) is 0 Å². The number of rotatable bonds is 25. The topological polar surface area (TPSA) is 112 Å². The van der Waals surface area contributed by atoms with Crippen LogP contribution in [-0.4, -0.2) is 62.4 Å². The number of carboxylic acids is 3. The highest BCUT2D eigenvalue weighted by atomic mass is 16.4. The Labute approximate surface area is 225 Å². The number of unbranched alkanes of at least 4 members (excludes halogenated alkanes) is 9. The number of hydrogen-bond donors (Lipinski definition) is 3. The van der Waals surface area contributed by atoms with Crippen molar-refractivity contribution in [3.63, 3.8) is 0 Å². The van der Waals surface area contributed by atoms with Gasteiger partial charge in [-0.05, 0) is 38.5 Å². The summed E-state index contributed by atoms with van der Waals surface area (Å²) in [6.45, 7) is 8.05. The van der Waals surface area contributed by atoms with Crippen LogP contribution in [0.3, 0.4) is 0 Å². The second-order valence-electron chi connectivity index (χ2n) is 10.5. The van der Waals surface area contributed by atoms with Crippen molar-refractivity contribution in [3.8, 4) is 0 Å². The van der Waals surface area contributed by atoms with Crippen LogP contribution in [-0.2, 0) is 14.4 Å². The van der Waals surface area contributed by atoms with Gasteiger partial charge in [0.15, 0.2) is 18.1 Å². The van der Waals surface area contributed by atoms with Crippen molar-refractivity contribution in [1.29, 1.82) is 0 Å². The minimum atomic E-state index is -1.10. The summed E-state index contributed by atoms with van der Waals surface area (Å²) in [5, 5.41) is 30.7. The number of aliphatic carboxylic acids is 3. The minimum Gasteiger partial charge on any atom is -0.477 e. The summed E-state index contributed by atoms with van der Waals surface area (Å²) in [6.07, 6.45) is 19.1. The van der Waals surface area contributed by atoms with Gasteiger partial charge in [-0.3, -0.25) is 4.48 Å². The van der Waals surface area contributed by atoms with Crippen LogP contribution < -0.4 is 0 Å². The number of carbonyl (C=O) groups is 3. The van der Waals surface area contributed by atoms with E-state index in [-0.39, 0.29) is 25.8 Å². The van der Waals surface area contributed by atoms with Crippen LogP contribution in [0.25, 0.3) is 0 Å². The third-order valence-corrected chi connectivity index (χ3v) is 7.59. The van der Waals surface area contributed by atoms with Crippen molar-refractivity contribution >= 4 is 17.9 Å². The van der Waals surface area contributed by atoms with Crippen molar-refractivity contribution in [1.82, 2.24) is 0 Å². The quantitative estimate of drug-likeness (QED) is 0.0648. The predicted octanol–water partition coefficient (Wildman–Crippen LogP) is 7.43. The molecule has 0 saturated heterocycles. The summed E-state index contributed by atoms with van der Waals surface area (Å²) in [4.78, 5) is 37.6. The minimum absolute atomic E-state index is 0.229. The second kappa shape index (κ2) is 21.1. The smallest absolute Gasteiger partial charge is 0.362 e. The van der Waals surface area contributed by atoms with Crippen molar-refractivity contribution in [2.75, 3.05) is 6.54 Å². The van der Waals surface area contributed by atoms with Gasteiger partial charge in [0.2, 0.25) is 0 Å². The standard InChI is InChI=1S/C30H55NO6/c1-5-9-10-11-12-13-14-15-16-17-18-19-20-24-31(25(21-6-2)28(32)33,26(22-7-3)29(34)35)27(23-8-4)30(36)37/h17-18,25-27H,5-16,19-24H2,1-4H3,(H2-,32,33,34,35,36,37)/p+1/b18-17+. The molecule has 0 heterocycles. The van der Waals surface area contributed by atoms with Gasteiger partial charge in [0.25, 0.3) is 0 Å². The van der Waals surface area contributed by atoms with Gasteiger partial charge in [0, 0.05) is 25.7 Å². The van der Waals surface area contributed by atoms with Crippen LogP contribution >= 0.6 is 0 Å². The summed E-state index contributed by atoms with van der Waals surface area (Å²) in [5.74, 6) is -3.30. The number of nitrogens with zero attached hydrogens (tertiary/aromatic N) is 1. The zero-order chi connectivity index (χ0) is 28.1. The van der Waals surface area contributed by atoms with Crippen LogP contribution in [0.5, 0.6) is 0 Å². The van der Waals surface area contributed by atoms with Crippen LogP contribution in [0, 0.1) is 0 Å². The number of hydrogen-bond acceptors (Lipinski definition) is 3. The third kappa shape index (κ3) is 12.5. The Morgan fingerprint density at radius 2 is 0.892 bits per heavy atom. The largest absolute Gasteiger partial charge is 0.477 e. The number of quaternary nitrogens is 1. The molecule has 37 heavy (non-hydrogen) atoms. The maximum Gasteiger partial charge on any atom is 0.362 e. The van der Waals surface area contributed by atoms with Crippen LogP contribution in [0.1, 0.15) is 137 Å². The Morgan fingerprint density at radius 3 is 1.24 bits per heavy atom. The van der Waals surface area contributed by atoms with E-state index >= 15 is 0 Å². The molecule has 0 aliphatic carbocycles. The van der Waals surface area contributed by atoms with Crippen molar-refractivity contribution < 1.29 is 34.2 Å². The Morgan fingerprint density at radius 1 is 0.541 bits per heavy atom. The van der Waals surface area contributed by atoms with Gasteiger partial charge in [-0.25, -0.2) is 14.4 Å². The Kier molecular flexibility index (Phi) is 20.0. The molecule has 0 aromatic heterocycles. The molecular formula is C30H56NO6+. The van der Waals surface area contributed by atoms with E-state index in [2.05, 4.69) is 19.1 Å². The fourth-order valence-electron chi connectivity index (χ4n) is 5.76. The first-order valence-electron chi connectivity index (χ1n) is 14.9. The first kappa shape index (κ1) is 35.1. The van der Waals surface area contributed by atoms with Crippen molar-refractivity contribution in [2.45, 2.75) is 155 Å². The van der Waals surface area contributed by atoms with Gasteiger partial charge in [0.1, 0.15) is 0 Å². The average molecular weight is 527 g/mol. The predicted molar refractivity (Wildman–Crippen MR) is 150 cm³/mol. The maximum atomic E-state index is 12.5. The molecule has 0 bridgehead atoms. The normalized spacial score (nSPS) is 15.8. The molecule has 3 unspecified atom stereocenters. The number of carboxylic acid groups (broad SMARTS) is 3. The van der Waals surface area contributed by atoms with Crippen molar-refractivity contribution in [2.24, 2.45) is 0 Å². The summed E-state index contributed by atoms with van der Waals surface area (Å²) >= 11 is 0. The molecule has 0 fully saturated rings. The summed E-state index contributed by atoms with van der Waals surface area (Å²) < 4.78 is -0.401. The van der Waals surface area contributed by atoms with E-state index in [1.807, 2.05) is 20.8 Å². The molecule has 0 aliphatic rings. The average Bonchev–Trinajstić information content (AvgIpc) is 2.85. The van der Waals surface area contributed by atoms with E-state index in [0.29, 0.717) is 32.1 Å². The third-order valence-electron chi connectivity index (χ3n) is 7.59. The Hall–Kier alpha value is -1.89.